The van der Waals surface area contributed by atoms with Crippen LogP contribution in [0, 0.1) is 0 Å². The second kappa shape index (κ2) is 4.28. The van der Waals surface area contributed by atoms with Gasteiger partial charge in [-0.1, -0.05) is 0 Å². The molecule has 1 rings (SSSR count). The van der Waals surface area contributed by atoms with Gasteiger partial charge in [-0.05, 0) is 22.0 Å². The number of rotatable bonds is 3. The number of nitrogens with zero attached hydrogens (tertiary/aromatic N) is 2. The van der Waals surface area contributed by atoms with E-state index in [-0.39, 0.29) is 6.54 Å². The monoisotopic (exact) mass is 259 g/mol. The van der Waals surface area contributed by atoms with E-state index in [2.05, 4.69) is 20.9 Å². The fourth-order valence-corrected chi connectivity index (χ4v) is 1.39. The summed E-state index contributed by atoms with van der Waals surface area (Å²) in [6.45, 7) is -0.126. The number of hydrogen-bond donors (Lipinski definition) is 2. The van der Waals surface area contributed by atoms with Crippen molar-refractivity contribution in [2.45, 2.75) is 0 Å². The van der Waals surface area contributed by atoms with E-state index < -0.39 is 5.97 Å². The number of nitrogens with two attached hydrogens (primary N) is 1. The van der Waals surface area contributed by atoms with Gasteiger partial charge in [0.05, 0.1) is 5.69 Å². The summed E-state index contributed by atoms with van der Waals surface area (Å²) in [5.41, 5.74) is 6.12. The maximum atomic E-state index is 10.4. The van der Waals surface area contributed by atoms with Gasteiger partial charge in [0.1, 0.15) is 6.54 Å². The van der Waals surface area contributed by atoms with Gasteiger partial charge in [0.2, 0.25) is 0 Å². The summed E-state index contributed by atoms with van der Waals surface area (Å²) in [6.07, 6.45) is 1.57. The third-order valence-electron chi connectivity index (χ3n) is 1.60. The Labute approximate surface area is 89.7 Å². The molecule has 6 heteroatoms. The van der Waals surface area contributed by atoms with Crippen LogP contribution >= 0.6 is 15.9 Å². The van der Waals surface area contributed by atoms with Crippen LogP contribution in [0.2, 0.25) is 0 Å². The lowest BCUT2D eigenvalue weighted by molar-refractivity contribution is -0.135. The molecule has 0 atom stereocenters. The SMILES string of the molecule is CN(CC(=O)O)c1ncc(Br)cc1N. The Bertz CT molecular complexity index is 356. The normalized spacial score (nSPS) is 9.86. The summed E-state index contributed by atoms with van der Waals surface area (Å²) in [4.78, 5) is 15.9. The van der Waals surface area contributed by atoms with Crippen molar-refractivity contribution in [3.63, 3.8) is 0 Å². The number of aliphatic carboxylic acids is 1. The lowest BCUT2D eigenvalue weighted by atomic mass is 10.3. The molecule has 0 spiro atoms. The highest BCUT2D eigenvalue weighted by Gasteiger charge is 2.10. The van der Waals surface area contributed by atoms with Crippen molar-refractivity contribution in [3.8, 4) is 0 Å². The Kier molecular flexibility index (Phi) is 3.29. The van der Waals surface area contributed by atoms with Gasteiger partial charge in [0, 0.05) is 17.7 Å². The first-order valence-electron chi connectivity index (χ1n) is 3.84. The molecule has 0 radical (unpaired) electrons. The molecule has 0 saturated carbocycles. The number of carbonyl (C=O) groups is 1. The van der Waals surface area contributed by atoms with Crippen molar-refractivity contribution in [1.82, 2.24) is 4.98 Å². The lowest BCUT2D eigenvalue weighted by Crippen LogP contribution is -2.26. The first-order chi connectivity index (χ1) is 6.50. The Morgan fingerprint density at radius 2 is 2.43 bits per heavy atom. The summed E-state index contributed by atoms with van der Waals surface area (Å²) in [6, 6.07) is 1.68. The van der Waals surface area contributed by atoms with Crippen LogP contribution in [0.1, 0.15) is 0 Å². The molecule has 0 fully saturated rings. The molecule has 1 aromatic rings. The van der Waals surface area contributed by atoms with Crippen molar-refractivity contribution < 1.29 is 9.90 Å². The molecule has 3 N–H and O–H groups in total. The Morgan fingerprint density at radius 3 is 2.93 bits per heavy atom. The summed E-state index contributed by atoms with van der Waals surface area (Å²) in [7, 11) is 1.63. The fourth-order valence-electron chi connectivity index (χ4n) is 1.04. The van der Waals surface area contributed by atoms with Crippen LogP contribution in [0.25, 0.3) is 0 Å². The topological polar surface area (TPSA) is 79.5 Å². The number of carboxylic acids is 1. The van der Waals surface area contributed by atoms with Gasteiger partial charge in [-0.25, -0.2) is 4.98 Å². The minimum atomic E-state index is -0.920. The molecular weight excluding hydrogens is 250 g/mol. The maximum absolute atomic E-state index is 10.4. The molecule has 1 aromatic heterocycles. The predicted molar refractivity (Wildman–Crippen MR) is 57.3 cm³/mol. The van der Waals surface area contributed by atoms with E-state index in [0.717, 1.165) is 4.47 Å². The van der Waals surface area contributed by atoms with Gasteiger partial charge in [0.15, 0.2) is 5.82 Å². The van der Waals surface area contributed by atoms with Crippen molar-refractivity contribution >= 4 is 33.4 Å². The van der Waals surface area contributed by atoms with E-state index in [1.807, 2.05) is 0 Å². The molecule has 1 heterocycles. The summed E-state index contributed by atoms with van der Waals surface area (Å²) >= 11 is 3.22. The lowest BCUT2D eigenvalue weighted by Gasteiger charge is -2.17. The molecule has 0 aliphatic heterocycles. The second-order valence-corrected chi connectivity index (χ2v) is 3.73. The Morgan fingerprint density at radius 1 is 1.79 bits per heavy atom. The zero-order valence-corrected chi connectivity index (χ0v) is 9.15. The number of likely N-dealkylation sites (N-methyl/N-ethyl adjacent to an activating group) is 1. The fraction of sp³-hybridized carbons (Fsp3) is 0.250. The van der Waals surface area contributed by atoms with Crippen LogP contribution < -0.4 is 10.6 Å². The number of pyridine rings is 1. The van der Waals surface area contributed by atoms with E-state index >= 15 is 0 Å². The van der Waals surface area contributed by atoms with Crippen molar-refractivity contribution in [3.05, 3.63) is 16.7 Å². The van der Waals surface area contributed by atoms with Gasteiger partial charge in [0.25, 0.3) is 0 Å². The highest BCUT2D eigenvalue weighted by Crippen LogP contribution is 2.22. The highest BCUT2D eigenvalue weighted by atomic mass is 79.9. The number of carboxylic acid groups (broad SMARTS) is 1. The molecule has 76 valence electrons. The molecular formula is C8H10BrN3O2. The van der Waals surface area contributed by atoms with E-state index in [1.165, 1.54) is 4.90 Å². The minimum absolute atomic E-state index is 0.126. The van der Waals surface area contributed by atoms with Crippen LogP contribution in [-0.2, 0) is 4.79 Å². The molecule has 0 aromatic carbocycles. The maximum Gasteiger partial charge on any atom is 0.323 e. The summed E-state index contributed by atoms with van der Waals surface area (Å²) in [5.74, 6) is -0.452. The van der Waals surface area contributed by atoms with Gasteiger partial charge in [-0.2, -0.15) is 0 Å². The number of aromatic nitrogens is 1. The first kappa shape index (κ1) is 10.8. The Balaban J connectivity index is 2.90. The number of halogens is 1. The smallest absolute Gasteiger partial charge is 0.323 e. The summed E-state index contributed by atoms with van der Waals surface area (Å²) < 4.78 is 0.766. The van der Waals surface area contributed by atoms with E-state index in [0.29, 0.717) is 11.5 Å². The molecule has 0 amide bonds. The Hall–Kier alpha value is -1.30. The quantitative estimate of drug-likeness (QED) is 0.845. The van der Waals surface area contributed by atoms with Crippen LogP contribution in [0.4, 0.5) is 11.5 Å². The van der Waals surface area contributed by atoms with E-state index in [1.54, 1.807) is 19.3 Å². The zero-order valence-electron chi connectivity index (χ0n) is 7.57. The average molecular weight is 260 g/mol. The van der Waals surface area contributed by atoms with Crippen LogP contribution in [0.3, 0.4) is 0 Å². The molecule has 0 unspecified atom stereocenters. The summed E-state index contributed by atoms with van der Waals surface area (Å²) in [5, 5.41) is 8.57. The van der Waals surface area contributed by atoms with E-state index in [9.17, 15) is 4.79 Å². The highest BCUT2D eigenvalue weighted by molar-refractivity contribution is 9.10. The van der Waals surface area contributed by atoms with Crippen LogP contribution in [0.5, 0.6) is 0 Å². The third kappa shape index (κ3) is 2.59. The van der Waals surface area contributed by atoms with Crippen LogP contribution in [0.15, 0.2) is 16.7 Å². The molecule has 14 heavy (non-hydrogen) atoms. The van der Waals surface area contributed by atoms with Gasteiger partial charge in [-0.3, -0.25) is 4.79 Å². The molecule has 0 saturated heterocycles. The minimum Gasteiger partial charge on any atom is -0.480 e. The molecule has 0 aliphatic rings. The molecule has 5 nitrogen and oxygen atoms in total. The van der Waals surface area contributed by atoms with Crippen molar-refractivity contribution in [1.29, 1.82) is 0 Å². The van der Waals surface area contributed by atoms with Crippen molar-refractivity contribution in [2.24, 2.45) is 0 Å². The van der Waals surface area contributed by atoms with Gasteiger partial charge in [-0.15, -0.1) is 0 Å². The standard InChI is InChI=1S/C8H10BrN3O2/c1-12(4-7(13)14)8-6(10)2-5(9)3-11-8/h2-3H,4,10H2,1H3,(H,13,14). The first-order valence-corrected chi connectivity index (χ1v) is 4.64. The number of anilines is 2. The number of nitrogen functional groups attached to an aromatic ring is 1. The van der Waals surface area contributed by atoms with Gasteiger partial charge < -0.3 is 15.7 Å². The average Bonchev–Trinajstić information content (AvgIpc) is 2.01. The predicted octanol–water partition coefficient (Wildman–Crippen LogP) is 0.947. The zero-order chi connectivity index (χ0) is 10.7. The van der Waals surface area contributed by atoms with Crippen molar-refractivity contribution in [2.75, 3.05) is 24.2 Å². The largest absolute Gasteiger partial charge is 0.480 e. The van der Waals surface area contributed by atoms with Crippen LogP contribution in [-0.4, -0.2) is 29.7 Å². The van der Waals surface area contributed by atoms with E-state index in [4.69, 9.17) is 10.8 Å². The third-order valence-corrected chi connectivity index (χ3v) is 2.03. The second-order valence-electron chi connectivity index (χ2n) is 2.82. The number of hydrogen-bond acceptors (Lipinski definition) is 4. The molecule has 0 bridgehead atoms. The molecule has 0 aliphatic carbocycles. The van der Waals surface area contributed by atoms with Gasteiger partial charge >= 0.3 is 5.97 Å².